The third-order valence-corrected chi connectivity index (χ3v) is 5.89. The van der Waals surface area contributed by atoms with Gasteiger partial charge in [0.05, 0.1) is 18.2 Å². The lowest BCUT2D eigenvalue weighted by molar-refractivity contribution is -0.115. The maximum atomic E-state index is 12.9. The Morgan fingerprint density at radius 1 is 0.946 bits per heavy atom. The van der Waals surface area contributed by atoms with Gasteiger partial charge in [0.1, 0.15) is 17.6 Å². The molecule has 4 N–H and O–H groups in total. The second-order valence-corrected chi connectivity index (χ2v) is 8.41. The quantitative estimate of drug-likeness (QED) is 0.278. The Kier molecular flexibility index (Phi) is 7.77. The predicted molar refractivity (Wildman–Crippen MR) is 139 cm³/mol. The highest BCUT2D eigenvalue weighted by Gasteiger charge is 2.19. The summed E-state index contributed by atoms with van der Waals surface area (Å²) in [5.74, 6) is -0.0869. The van der Waals surface area contributed by atoms with Crippen molar-refractivity contribution in [2.75, 3.05) is 12.4 Å². The summed E-state index contributed by atoms with van der Waals surface area (Å²) >= 11 is 0. The average molecular weight is 501 g/mol. The number of anilines is 1. The summed E-state index contributed by atoms with van der Waals surface area (Å²) in [5, 5.41) is 8.57. The molecule has 2 aromatic carbocycles. The molecule has 0 radical (unpaired) electrons. The minimum Gasteiger partial charge on any atom is -0.497 e. The molecule has 0 atom stereocenters. The monoisotopic (exact) mass is 500 g/mol. The summed E-state index contributed by atoms with van der Waals surface area (Å²) in [6.07, 6.45) is 3.15. The van der Waals surface area contributed by atoms with Crippen LogP contribution in [-0.2, 0) is 17.9 Å². The van der Waals surface area contributed by atoms with Gasteiger partial charge in [0.25, 0.3) is 11.8 Å². The molecule has 0 aliphatic rings. The van der Waals surface area contributed by atoms with Crippen molar-refractivity contribution in [1.29, 1.82) is 0 Å². The van der Waals surface area contributed by atoms with Gasteiger partial charge in [-0.05, 0) is 41.8 Å². The standard InChI is InChI=1S/C27H28N6O4/c1-4-22(34)33-21-11-18(6-5-16(21)2)13-30-27(36)25-24-23(31-15-32-25)20(14-28-24)26(35)29-12-17-7-9-19(37-3)10-8-17/h5-11,14-15,28H,4,12-13H2,1-3H3,(H,29,35)(H,30,36)(H,33,34). The van der Waals surface area contributed by atoms with E-state index in [2.05, 4.69) is 30.9 Å². The minimum atomic E-state index is -0.417. The first kappa shape index (κ1) is 25.4. The van der Waals surface area contributed by atoms with Crippen LogP contribution in [0.4, 0.5) is 5.69 Å². The Hall–Kier alpha value is -4.73. The molecule has 4 aromatic rings. The average Bonchev–Trinajstić information content (AvgIpc) is 3.36. The largest absolute Gasteiger partial charge is 0.497 e. The van der Waals surface area contributed by atoms with E-state index in [0.717, 1.165) is 22.4 Å². The number of nitrogens with zero attached hydrogens (tertiary/aromatic N) is 2. The van der Waals surface area contributed by atoms with Crippen LogP contribution in [0, 0.1) is 6.92 Å². The van der Waals surface area contributed by atoms with Crippen LogP contribution in [0.3, 0.4) is 0 Å². The number of aromatic nitrogens is 3. The fourth-order valence-electron chi connectivity index (χ4n) is 3.72. The fourth-order valence-corrected chi connectivity index (χ4v) is 3.72. The number of benzene rings is 2. The number of amides is 3. The smallest absolute Gasteiger partial charge is 0.272 e. The lowest BCUT2D eigenvalue weighted by Crippen LogP contribution is -2.25. The van der Waals surface area contributed by atoms with Gasteiger partial charge in [-0.2, -0.15) is 0 Å². The van der Waals surface area contributed by atoms with Crippen molar-refractivity contribution in [3.05, 3.63) is 82.9 Å². The van der Waals surface area contributed by atoms with E-state index in [1.54, 1.807) is 14.0 Å². The maximum absolute atomic E-state index is 12.9. The second kappa shape index (κ2) is 11.3. The van der Waals surface area contributed by atoms with E-state index in [4.69, 9.17) is 4.74 Å². The summed E-state index contributed by atoms with van der Waals surface area (Å²) in [6.45, 7) is 4.25. The van der Waals surface area contributed by atoms with Gasteiger partial charge in [-0.3, -0.25) is 14.4 Å². The number of aryl methyl sites for hydroxylation is 1. The van der Waals surface area contributed by atoms with Crippen molar-refractivity contribution in [3.8, 4) is 5.75 Å². The van der Waals surface area contributed by atoms with Crippen molar-refractivity contribution in [2.24, 2.45) is 0 Å². The molecular weight excluding hydrogens is 472 g/mol. The third-order valence-electron chi connectivity index (χ3n) is 5.89. The lowest BCUT2D eigenvalue weighted by Gasteiger charge is -2.11. The zero-order valence-corrected chi connectivity index (χ0v) is 20.8. The normalized spacial score (nSPS) is 10.7. The van der Waals surface area contributed by atoms with Gasteiger partial charge in [-0.25, -0.2) is 9.97 Å². The van der Waals surface area contributed by atoms with Gasteiger partial charge < -0.3 is 25.7 Å². The Bertz CT molecular complexity index is 1450. The molecule has 0 saturated heterocycles. The van der Waals surface area contributed by atoms with Crippen molar-refractivity contribution in [1.82, 2.24) is 25.6 Å². The first-order chi connectivity index (χ1) is 17.9. The highest BCUT2D eigenvalue weighted by molar-refractivity contribution is 6.10. The number of hydrogen-bond donors (Lipinski definition) is 4. The number of nitrogens with one attached hydrogen (secondary N) is 4. The van der Waals surface area contributed by atoms with Gasteiger partial charge >= 0.3 is 0 Å². The van der Waals surface area contributed by atoms with Crippen LogP contribution in [0.15, 0.2) is 55.0 Å². The summed E-state index contributed by atoms with van der Waals surface area (Å²) in [4.78, 5) is 48.9. The van der Waals surface area contributed by atoms with Crippen molar-refractivity contribution in [2.45, 2.75) is 33.4 Å². The Balaban J connectivity index is 1.44. The molecule has 10 heteroatoms. The number of carbonyl (C=O) groups is 3. The molecule has 2 aromatic heterocycles. The number of ether oxygens (including phenoxy) is 1. The van der Waals surface area contributed by atoms with E-state index in [-0.39, 0.29) is 24.1 Å². The molecule has 0 unspecified atom stereocenters. The number of fused-ring (bicyclic) bond motifs is 1. The van der Waals surface area contributed by atoms with Crippen LogP contribution < -0.4 is 20.7 Å². The molecule has 3 amide bonds. The molecule has 0 fully saturated rings. The van der Waals surface area contributed by atoms with Gasteiger partial charge in [0.2, 0.25) is 5.91 Å². The van der Waals surface area contributed by atoms with Crippen molar-refractivity contribution in [3.63, 3.8) is 0 Å². The molecule has 0 bridgehead atoms. The summed E-state index contributed by atoms with van der Waals surface area (Å²) in [7, 11) is 1.59. The number of carbonyl (C=O) groups excluding carboxylic acids is 3. The number of H-pyrrole nitrogens is 1. The third kappa shape index (κ3) is 5.92. The van der Waals surface area contributed by atoms with E-state index in [9.17, 15) is 14.4 Å². The van der Waals surface area contributed by atoms with Gasteiger partial charge in [0, 0.05) is 31.4 Å². The maximum Gasteiger partial charge on any atom is 0.272 e. The molecule has 4 rings (SSSR count). The topological polar surface area (TPSA) is 138 Å². The van der Waals surface area contributed by atoms with Crippen LogP contribution in [0.5, 0.6) is 5.75 Å². The second-order valence-electron chi connectivity index (χ2n) is 8.41. The lowest BCUT2D eigenvalue weighted by atomic mass is 10.1. The van der Waals surface area contributed by atoms with Crippen LogP contribution in [-0.4, -0.2) is 39.8 Å². The van der Waals surface area contributed by atoms with E-state index >= 15 is 0 Å². The first-order valence-electron chi connectivity index (χ1n) is 11.8. The molecule has 190 valence electrons. The highest BCUT2D eigenvalue weighted by atomic mass is 16.5. The number of aromatic amines is 1. The van der Waals surface area contributed by atoms with E-state index < -0.39 is 5.91 Å². The van der Waals surface area contributed by atoms with Crippen LogP contribution in [0.25, 0.3) is 11.0 Å². The first-order valence-corrected chi connectivity index (χ1v) is 11.8. The fraction of sp³-hybridized carbons (Fsp3) is 0.222. The molecule has 10 nitrogen and oxygen atoms in total. The van der Waals surface area contributed by atoms with E-state index in [1.165, 1.54) is 12.5 Å². The summed E-state index contributed by atoms with van der Waals surface area (Å²) in [6, 6.07) is 13.0. The molecule has 37 heavy (non-hydrogen) atoms. The van der Waals surface area contributed by atoms with Crippen molar-refractivity contribution >= 4 is 34.4 Å². The van der Waals surface area contributed by atoms with Crippen molar-refractivity contribution < 1.29 is 19.1 Å². The van der Waals surface area contributed by atoms with E-state index in [0.29, 0.717) is 35.2 Å². The van der Waals surface area contributed by atoms with Gasteiger partial charge in [-0.1, -0.05) is 31.2 Å². The van der Waals surface area contributed by atoms with Crippen LogP contribution in [0.1, 0.15) is 50.9 Å². The zero-order chi connectivity index (χ0) is 26.4. The van der Waals surface area contributed by atoms with Gasteiger partial charge in [0.15, 0.2) is 5.69 Å². The predicted octanol–water partition coefficient (Wildman–Crippen LogP) is 3.48. The molecule has 0 spiro atoms. The Morgan fingerprint density at radius 2 is 1.65 bits per heavy atom. The van der Waals surface area contributed by atoms with E-state index in [1.807, 2.05) is 49.4 Å². The molecule has 0 aliphatic heterocycles. The minimum absolute atomic E-state index is 0.0803. The SMILES string of the molecule is CCC(=O)Nc1cc(CNC(=O)c2ncnc3c(C(=O)NCc4ccc(OC)cc4)c[nH]c23)ccc1C. The van der Waals surface area contributed by atoms with Gasteiger partial charge in [-0.15, -0.1) is 0 Å². The molecule has 0 saturated carbocycles. The zero-order valence-electron chi connectivity index (χ0n) is 20.8. The number of hydrogen-bond acceptors (Lipinski definition) is 6. The van der Waals surface area contributed by atoms with Crippen LogP contribution >= 0.6 is 0 Å². The van der Waals surface area contributed by atoms with Crippen LogP contribution in [0.2, 0.25) is 0 Å². The number of methoxy groups -OCH3 is 1. The number of rotatable bonds is 9. The highest BCUT2D eigenvalue weighted by Crippen LogP contribution is 2.20. The summed E-state index contributed by atoms with van der Waals surface area (Å²) in [5.41, 5.74) is 4.54. The molecule has 0 aliphatic carbocycles. The molecular formula is C27H28N6O4. The Morgan fingerprint density at radius 3 is 2.38 bits per heavy atom. The molecule has 2 heterocycles. The Labute approximate surface area is 213 Å². The summed E-state index contributed by atoms with van der Waals surface area (Å²) < 4.78 is 5.15.